The average Bonchev–Trinajstić information content (AvgIpc) is 2.91. The maximum atomic E-state index is 5.77. The molecule has 1 aromatic carbocycles. The highest BCUT2D eigenvalue weighted by molar-refractivity contribution is 5.55. The number of nitrogens with zero attached hydrogens (tertiary/aromatic N) is 1. The summed E-state index contributed by atoms with van der Waals surface area (Å²) in [5.41, 5.74) is 8.60. The van der Waals surface area contributed by atoms with Gasteiger partial charge in [0, 0.05) is 18.3 Å². The van der Waals surface area contributed by atoms with Crippen LogP contribution >= 0.6 is 0 Å². The zero-order valence-electron chi connectivity index (χ0n) is 12.4. The van der Waals surface area contributed by atoms with E-state index >= 15 is 0 Å². The van der Waals surface area contributed by atoms with Gasteiger partial charge >= 0.3 is 0 Å². The van der Waals surface area contributed by atoms with Crippen molar-refractivity contribution in [1.82, 2.24) is 0 Å². The second-order valence-corrected chi connectivity index (χ2v) is 6.15. The molecule has 2 heteroatoms. The Kier molecular flexibility index (Phi) is 5.26. The highest BCUT2D eigenvalue weighted by Crippen LogP contribution is 2.31. The molecular formula is C17H28N2. The Bertz CT molecular complexity index is 381. The third kappa shape index (κ3) is 3.73. The molecule has 0 atom stereocenters. The van der Waals surface area contributed by atoms with E-state index in [1.54, 1.807) is 0 Å². The van der Waals surface area contributed by atoms with Gasteiger partial charge in [-0.3, -0.25) is 0 Å². The van der Waals surface area contributed by atoms with Crippen molar-refractivity contribution in [3.05, 3.63) is 29.8 Å². The average molecular weight is 260 g/mol. The van der Waals surface area contributed by atoms with Crippen molar-refractivity contribution in [1.29, 1.82) is 0 Å². The first-order valence-electron chi connectivity index (χ1n) is 7.77. The van der Waals surface area contributed by atoms with E-state index in [-0.39, 0.29) is 0 Å². The number of nitrogens with two attached hydrogens (primary N) is 1. The van der Waals surface area contributed by atoms with Crippen molar-refractivity contribution >= 4 is 5.69 Å². The predicted octanol–water partition coefficient (Wildman–Crippen LogP) is 3.59. The normalized spacial score (nSPS) is 16.2. The Morgan fingerprint density at radius 2 is 1.89 bits per heavy atom. The van der Waals surface area contributed by atoms with Crippen LogP contribution in [0.15, 0.2) is 24.3 Å². The third-order valence-electron chi connectivity index (χ3n) is 4.04. The minimum Gasteiger partial charge on any atom is -0.368 e. The minimum atomic E-state index is 0.700. The number of anilines is 1. The van der Waals surface area contributed by atoms with Gasteiger partial charge < -0.3 is 10.6 Å². The Hall–Kier alpha value is -1.02. The molecule has 1 aliphatic rings. The molecule has 1 saturated carbocycles. The van der Waals surface area contributed by atoms with Gasteiger partial charge in [-0.1, -0.05) is 44.9 Å². The minimum absolute atomic E-state index is 0.700. The van der Waals surface area contributed by atoms with Crippen molar-refractivity contribution in [2.75, 3.05) is 18.0 Å². The zero-order valence-corrected chi connectivity index (χ0v) is 12.4. The van der Waals surface area contributed by atoms with Crippen LogP contribution in [0, 0.1) is 5.92 Å². The first kappa shape index (κ1) is 14.4. The van der Waals surface area contributed by atoms with E-state index in [2.05, 4.69) is 43.0 Å². The summed E-state index contributed by atoms with van der Waals surface area (Å²) in [7, 11) is 0. The van der Waals surface area contributed by atoms with Crippen LogP contribution in [0.25, 0.3) is 0 Å². The monoisotopic (exact) mass is 260 g/mol. The summed E-state index contributed by atoms with van der Waals surface area (Å²) in [6.07, 6.45) is 6.46. The molecule has 0 amide bonds. The molecule has 0 unspecified atom stereocenters. The Balaban J connectivity index is 2.25. The second-order valence-electron chi connectivity index (χ2n) is 6.15. The molecule has 0 aromatic heterocycles. The van der Waals surface area contributed by atoms with E-state index in [4.69, 9.17) is 5.73 Å². The maximum Gasteiger partial charge on any atom is 0.0401 e. The summed E-state index contributed by atoms with van der Waals surface area (Å²) in [5, 5.41) is 0. The van der Waals surface area contributed by atoms with E-state index in [9.17, 15) is 0 Å². The third-order valence-corrected chi connectivity index (χ3v) is 4.04. The summed E-state index contributed by atoms with van der Waals surface area (Å²) < 4.78 is 0. The topological polar surface area (TPSA) is 29.3 Å². The van der Waals surface area contributed by atoms with Crippen molar-refractivity contribution in [3.63, 3.8) is 0 Å². The highest BCUT2D eigenvalue weighted by atomic mass is 15.2. The van der Waals surface area contributed by atoms with Crippen LogP contribution in [0.1, 0.15) is 45.1 Å². The fraction of sp³-hybridized carbons (Fsp3) is 0.647. The van der Waals surface area contributed by atoms with Crippen LogP contribution in [0.5, 0.6) is 0 Å². The van der Waals surface area contributed by atoms with Gasteiger partial charge in [-0.2, -0.15) is 0 Å². The van der Waals surface area contributed by atoms with Crippen LogP contribution in [-0.4, -0.2) is 19.1 Å². The Labute approximate surface area is 118 Å². The Morgan fingerprint density at radius 3 is 2.53 bits per heavy atom. The second kappa shape index (κ2) is 6.95. The molecule has 19 heavy (non-hydrogen) atoms. The zero-order chi connectivity index (χ0) is 13.7. The van der Waals surface area contributed by atoms with Gasteiger partial charge in [0.15, 0.2) is 0 Å². The molecule has 0 spiro atoms. The van der Waals surface area contributed by atoms with Crippen molar-refractivity contribution < 1.29 is 0 Å². The molecule has 0 radical (unpaired) electrons. The summed E-state index contributed by atoms with van der Waals surface area (Å²) in [5.74, 6) is 0.700. The van der Waals surface area contributed by atoms with E-state index in [1.807, 2.05) is 0 Å². The fourth-order valence-electron chi connectivity index (χ4n) is 3.21. The van der Waals surface area contributed by atoms with Gasteiger partial charge in [0.05, 0.1) is 0 Å². The molecule has 0 saturated heterocycles. The molecule has 0 aliphatic heterocycles. The molecule has 0 heterocycles. The van der Waals surface area contributed by atoms with Gasteiger partial charge in [0.25, 0.3) is 0 Å². The number of benzene rings is 1. The summed E-state index contributed by atoms with van der Waals surface area (Å²) >= 11 is 0. The van der Waals surface area contributed by atoms with E-state index in [0.29, 0.717) is 5.92 Å². The quantitative estimate of drug-likeness (QED) is 0.847. The fourth-order valence-corrected chi connectivity index (χ4v) is 3.21. The summed E-state index contributed by atoms with van der Waals surface area (Å²) in [4.78, 5) is 2.66. The van der Waals surface area contributed by atoms with Gasteiger partial charge in [0.2, 0.25) is 0 Å². The first-order valence-corrected chi connectivity index (χ1v) is 7.77. The number of hydrogen-bond acceptors (Lipinski definition) is 2. The number of rotatable bonds is 6. The molecule has 0 bridgehead atoms. The van der Waals surface area contributed by atoms with E-state index in [1.165, 1.54) is 36.9 Å². The summed E-state index contributed by atoms with van der Waals surface area (Å²) in [6.45, 7) is 6.52. The lowest BCUT2D eigenvalue weighted by atomic mass is 10.0. The van der Waals surface area contributed by atoms with Crippen molar-refractivity contribution in [3.8, 4) is 0 Å². The smallest absolute Gasteiger partial charge is 0.0401 e. The lowest BCUT2D eigenvalue weighted by Crippen LogP contribution is -2.37. The molecule has 1 aliphatic carbocycles. The largest absolute Gasteiger partial charge is 0.368 e. The predicted molar refractivity (Wildman–Crippen MR) is 83.6 cm³/mol. The van der Waals surface area contributed by atoms with Crippen LogP contribution in [0.3, 0.4) is 0 Å². The van der Waals surface area contributed by atoms with Gasteiger partial charge in [-0.25, -0.2) is 0 Å². The SMILES string of the molecule is CC(C)CN(c1ccccc1CCN)C1CCCC1. The van der Waals surface area contributed by atoms with Crippen molar-refractivity contribution in [2.45, 2.75) is 52.0 Å². The van der Waals surface area contributed by atoms with Gasteiger partial charge in [0.1, 0.15) is 0 Å². The molecule has 2 nitrogen and oxygen atoms in total. The van der Waals surface area contributed by atoms with Crippen molar-refractivity contribution in [2.24, 2.45) is 11.7 Å². The van der Waals surface area contributed by atoms with Crippen LogP contribution in [-0.2, 0) is 6.42 Å². The van der Waals surface area contributed by atoms with Crippen LogP contribution < -0.4 is 10.6 Å². The van der Waals surface area contributed by atoms with Gasteiger partial charge in [-0.15, -0.1) is 0 Å². The lowest BCUT2D eigenvalue weighted by Gasteiger charge is -2.34. The lowest BCUT2D eigenvalue weighted by molar-refractivity contribution is 0.534. The molecule has 2 rings (SSSR count). The molecule has 106 valence electrons. The molecular weight excluding hydrogens is 232 g/mol. The highest BCUT2D eigenvalue weighted by Gasteiger charge is 2.24. The number of para-hydroxylation sites is 1. The van der Waals surface area contributed by atoms with Crippen LogP contribution in [0.2, 0.25) is 0 Å². The maximum absolute atomic E-state index is 5.77. The number of hydrogen-bond donors (Lipinski definition) is 1. The van der Waals surface area contributed by atoms with E-state index < -0.39 is 0 Å². The first-order chi connectivity index (χ1) is 9.22. The van der Waals surface area contributed by atoms with E-state index in [0.717, 1.165) is 25.6 Å². The molecule has 1 aromatic rings. The van der Waals surface area contributed by atoms with Gasteiger partial charge in [-0.05, 0) is 43.4 Å². The molecule has 2 N–H and O–H groups in total. The van der Waals surface area contributed by atoms with Crippen LogP contribution in [0.4, 0.5) is 5.69 Å². The molecule has 1 fully saturated rings. The standard InChI is InChI=1S/C17H28N2/c1-14(2)13-19(16-8-4-5-9-16)17-10-6-3-7-15(17)11-12-18/h3,6-7,10,14,16H,4-5,8-9,11-13,18H2,1-2H3. The Morgan fingerprint density at radius 1 is 1.21 bits per heavy atom. The summed E-state index contributed by atoms with van der Waals surface area (Å²) in [6, 6.07) is 9.56.